The summed E-state index contributed by atoms with van der Waals surface area (Å²) >= 11 is 0. The van der Waals surface area contributed by atoms with Crippen LogP contribution in [0.4, 0.5) is 4.39 Å². The predicted octanol–water partition coefficient (Wildman–Crippen LogP) is 4.86. The van der Waals surface area contributed by atoms with Gasteiger partial charge in [0.1, 0.15) is 17.5 Å². The first-order valence-corrected chi connectivity index (χ1v) is 10.6. The van der Waals surface area contributed by atoms with E-state index in [1.165, 1.54) is 25.3 Å². The Morgan fingerprint density at radius 2 is 2.17 bits per heavy atom. The van der Waals surface area contributed by atoms with Gasteiger partial charge in [-0.15, -0.1) is 0 Å². The Morgan fingerprint density at radius 3 is 2.86 bits per heavy atom. The van der Waals surface area contributed by atoms with Crippen molar-refractivity contribution in [3.63, 3.8) is 0 Å². The first kappa shape index (κ1) is 22.9. The average molecular weight is 399 g/mol. The van der Waals surface area contributed by atoms with Gasteiger partial charge in [0.2, 0.25) is 0 Å². The van der Waals surface area contributed by atoms with E-state index in [0.29, 0.717) is 18.2 Å². The Labute approximate surface area is 175 Å². The Kier molecular flexibility index (Phi) is 9.13. The lowest BCUT2D eigenvalue weighted by atomic mass is 10.0. The van der Waals surface area contributed by atoms with Crippen LogP contribution in [-0.4, -0.2) is 36.9 Å². The Balaban J connectivity index is 2.15. The third-order valence-electron chi connectivity index (χ3n) is 5.12. The maximum absolute atomic E-state index is 14.6. The number of benzene rings is 1. The van der Waals surface area contributed by atoms with Crippen LogP contribution in [0.15, 0.2) is 53.9 Å². The molecule has 0 radical (unpaired) electrons. The van der Waals surface area contributed by atoms with Crippen molar-refractivity contribution < 1.29 is 4.39 Å². The molecule has 1 atom stereocenters. The molecule has 1 aromatic rings. The zero-order valence-electron chi connectivity index (χ0n) is 18.3. The van der Waals surface area contributed by atoms with Gasteiger partial charge < -0.3 is 15.5 Å². The number of halogens is 1. The quantitative estimate of drug-likeness (QED) is 0.553. The van der Waals surface area contributed by atoms with Gasteiger partial charge in [0.15, 0.2) is 0 Å². The van der Waals surface area contributed by atoms with Crippen LogP contribution >= 0.6 is 0 Å². The number of unbranched alkanes of at least 4 members (excludes halogenated alkanes) is 1. The normalized spacial score (nSPS) is 18.0. The largest absolute Gasteiger partial charge is 0.337 e. The third kappa shape index (κ3) is 6.57. The molecular weight excluding hydrogens is 363 g/mol. The van der Waals surface area contributed by atoms with Crippen LogP contribution in [0.3, 0.4) is 0 Å². The number of amidine groups is 1. The van der Waals surface area contributed by atoms with E-state index < -0.39 is 0 Å². The fourth-order valence-electron chi connectivity index (χ4n) is 3.29. The van der Waals surface area contributed by atoms with Gasteiger partial charge in [-0.2, -0.15) is 0 Å². The summed E-state index contributed by atoms with van der Waals surface area (Å²) in [5.74, 6) is 1.29. The summed E-state index contributed by atoms with van der Waals surface area (Å²) in [6.07, 6.45) is 10.1. The maximum Gasteiger partial charge on any atom is 0.131 e. The monoisotopic (exact) mass is 398 g/mol. The molecule has 0 fully saturated rings. The van der Waals surface area contributed by atoms with Crippen LogP contribution in [0.2, 0.25) is 0 Å². The van der Waals surface area contributed by atoms with Crippen molar-refractivity contribution in [3.8, 4) is 0 Å². The molecule has 1 heterocycles. The van der Waals surface area contributed by atoms with Crippen molar-refractivity contribution in [2.24, 2.45) is 4.99 Å². The molecule has 1 aliphatic heterocycles. The average Bonchev–Trinajstić information content (AvgIpc) is 2.73. The summed E-state index contributed by atoms with van der Waals surface area (Å²) < 4.78 is 14.6. The highest BCUT2D eigenvalue weighted by molar-refractivity contribution is 5.96. The van der Waals surface area contributed by atoms with Gasteiger partial charge in [-0.25, -0.2) is 4.39 Å². The van der Waals surface area contributed by atoms with E-state index in [9.17, 15) is 4.39 Å². The van der Waals surface area contributed by atoms with Gasteiger partial charge in [0.25, 0.3) is 0 Å². The fraction of sp³-hybridized carbons (Fsp3) is 0.458. The van der Waals surface area contributed by atoms with Crippen molar-refractivity contribution >= 4 is 11.4 Å². The molecule has 5 heteroatoms. The summed E-state index contributed by atoms with van der Waals surface area (Å²) in [5, 5.41) is 6.85. The summed E-state index contributed by atoms with van der Waals surface area (Å²) in [7, 11) is 1.93. The second-order valence-corrected chi connectivity index (χ2v) is 7.45. The molecule has 0 aromatic heterocycles. The van der Waals surface area contributed by atoms with E-state index in [1.807, 2.05) is 36.4 Å². The number of nitrogens with one attached hydrogen (secondary N) is 2. The van der Waals surface area contributed by atoms with E-state index in [-0.39, 0.29) is 5.82 Å². The molecule has 0 spiro atoms. The second kappa shape index (κ2) is 11.6. The summed E-state index contributed by atoms with van der Waals surface area (Å²) in [6.45, 7) is 11.9. The van der Waals surface area contributed by atoms with E-state index >= 15 is 0 Å². The lowest BCUT2D eigenvalue weighted by molar-refractivity contribution is 0.501. The first-order valence-electron chi connectivity index (χ1n) is 10.6. The minimum atomic E-state index is -0.252. The molecular formula is C24H35FN4. The van der Waals surface area contributed by atoms with Gasteiger partial charge in [0, 0.05) is 37.0 Å². The van der Waals surface area contributed by atoms with Gasteiger partial charge in [-0.1, -0.05) is 45.4 Å². The highest BCUT2D eigenvalue weighted by Crippen LogP contribution is 2.26. The smallest absolute Gasteiger partial charge is 0.131 e. The lowest BCUT2D eigenvalue weighted by Crippen LogP contribution is -2.35. The second-order valence-electron chi connectivity index (χ2n) is 7.45. The number of rotatable bonds is 10. The van der Waals surface area contributed by atoms with Crippen LogP contribution in [0.5, 0.6) is 0 Å². The SMILES string of the molecule is C=C/C(=C1/NC(=NCCNC(C)CCCC)C=CN1C)c1cc(CC)ccc1F. The molecule has 0 bridgehead atoms. The van der Waals surface area contributed by atoms with Crippen molar-refractivity contribution in [2.75, 3.05) is 20.1 Å². The van der Waals surface area contributed by atoms with E-state index in [2.05, 4.69) is 43.0 Å². The van der Waals surface area contributed by atoms with Gasteiger partial charge in [-0.3, -0.25) is 4.99 Å². The summed E-state index contributed by atoms with van der Waals surface area (Å²) in [5.41, 5.74) is 2.37. The molecule has 2 N–H and O–H groups in total. The van der Waals surface area contributed by atoms with Crippen molar-refractivity contribution in [2.45, 2.75) is 52.5 Å². The Hall–Kier alpha value is -2.40. The number of aliphatic imine (C=N–C) groups is 1. The number of hydrogen-bond acceptors (Lipinski definition) is 3. The molecule has 158 valence electrons. The number of hydrogen-bond donors (Lipinski definition) is 2. The van der Waals surface area contributed by atoms with Gasteiger partial charge in [-0.05, 0) is 43.5 Å². The van der Waals surface area contributed by atoms with Crippen LogP contribution in [0, 0.1) is 5.82 Å². The molecule has 2 rings (SSSR count). The highest BCUT2D eigenvalue weighted by atomic mass is 19.1. The lowest BCUT2D eigenvalue weighted by Gasteiger charge is -2.27. The zero-order chi connectivity index (χ0) is 21.2. The molecule has 1 aliphatic rings. The van der Waals surface area contributed by atoms with Gasteiger partial charge >= 0.3 is 0 Å². The minimum absolute atomic E-state index is 0.252. The van der Waals surface area contributed by atoms with Crippen molar-refractivity contribution in [3.05, 3.63) is 65.9 Å². The fourth-order valence-corrected chi connectivity index (χ4v) is 3.29. The molecule has 1 unspecified atom stereocenters. The van der Waals surface area contributed by atoms with Crippen molar-refractivity contribution in [1.82, 2.24) is 15.5 Å². The van der Waals surface area contributed by atoms with E-state index in [4.69, 9.17) is 0 Å². The van der Waals surface area contributed by atoms with Crippen LogP contribution in [0.25, 0.3) is 5.57 Å². The topological polar surface area (TPSA) is 39.7 Å². The molecule has 0 aliphatic carbocycles. The molecule has 4 nitrogen and oxygen atoms in total. The molecule has 0 amide bonds. The standard InChI is InChI=1S/C24H35FN4/c1-6-9-10-18(4)26-14-15-27-23-13-16-29(5)24(28-23)20(8-3)21-17-19(7-2)11-12-22(21)25/h8,11-13,16-18,26H,3,6-7,9-10,14-15H2,1-2,4-5H3,(H,27,28)/b24-20+. The third-order valence-corrected chi connectivity index (χ3v) is 5.12. The first-order chi connectivity index (χ1) is 14.0. The van der Waals surface area contributed by atoms with E-state index in [1.54, 1.807) is 6.08 Å². The number of aryl methyl sites for hydroxylation is 1. The number of allylic oxidation sites excluding steroid dienone is 2. The van der Waals surface area contributed by atoms with Crippen LogP contribution in [0.1, 0.15) is 51.2 Å². The number of nitrogens with zero attached hydrogens (tertiary/aromatic N) is 2. The molecule has 29 heavy (non-hydrogen) atoms. The Morgan fingerprint density at radius 1 is 1.38 bits per heavy atom. The van der Waals surface area contributed by atoms with Crippen LogP contribution in [-0.2, 0) is 6.42 Å². The predicted molar refractivity (Wildman–Crippen MR) is 122 cm³/mol. The van der Waals surface area contributed by atoms with Crippen molar-refractivity contribution in [1.29, 1.82) is 0 Å². The zero-order valence-corrected chi connectivity index (χ0v) is 18.3. The van der Waals surface area contributed by atoms with Crippen LogP contribution < -0.4 is 10.6 Å². The summed E-state index contributed by atoms with van der Waals surface area (Å²) in [4.78, 5) is 6.58. The van der Waals surface area contributed by atoms with Gasteiger partial charge in [0.05, 0.1) is 6.54 Å². The Bertz CT molecular complexity index is 779. The molecule has 1 aromatic carbocycles. The molecule has 0 saturated carbocycles. The minimum Gasteiger partial charge on any atom is -0.337 e. The maximum atomic E-state index is 14.6. The molecule has 0 saturated heterocycles. The van der Waals surface area contributed by atoms with E-state index in [0.717, 1.165) is 35.8 Å². The highest BCUT2D eigenvalue weighted by Gasteiger charge is 2.18. The summed E-state index contributed by atoms with van der Waals surface area (Å²) in [6, 6.07) is 5.75.